The van der Waals surface area contributed by atoms with Crippen molar-refractivity contribution in [2.45, 2.75) is 42.9 Å². The van der Waals surface area contributed by atoms with E-state index < -0.39 is 70.5 Å². The lowest BCUT2D eigenvalue weighted by molar-refractivity contribution is -0.350. The minimum Gasteiger partial charge on any atom is -0.410 e. The lowest BCUT2D eigenvalue weighted by Crippen LogP contribution is -2.62. The topological polar surface area (TPSA) is 119 Å². The van der Waals surface area contributed by atoms with Crippen LogP contribution in [-0.4, -0.2) is 61.1 Å². The van der Waals surface area contributed by atoms with E-state index in [1.165, 1.54) is 6.92 Å². The second-order valence-electron chi connectivity index (χ2n) is 5.46. The smallest absolute Gasteiger partial charge is 0.410 e. The molecule has 8 nitrogen and oxygen atoms in total. The molecular weight excluding hydrogens is 466 g/mol. The van der Waals surface area contributed by atoms with E-state index in [0.29, 0.717) is 0 Å². The molecule has 0 bridgehead atoms. The van der Waals surface area contributed by atoms with Crippen molar-refractivity contribution >= 4 is 22.0 Å². The average molecular weight is 481 g/mol. The van der Waals surface area contributed by atoms with Crippen LogP contribution >= 0.6 is 0 Å². The molecule has 0 radical (unpaired) electrons. The van der Waals surface area contributed by atoms with Crippen molar-refractivity contribution in [3.8, 4) is 0 Å². The Bertz CT molecular complexity index is 768. The summed E-state index contributed by atoms with van der Waals surface area (Å²) in [6.45, 7) is 1.02. The van der Waals surface area contributed by atoms with Gasteiger partial charge in [-0.1, -0.05) is 13.5 Å². The molecule has 17 heteroatoms. The van der Waals surface area contributed by atoms with Crippen molar-refractivity contribution in [2.24, 2.45) is 0 Å². The van der Waals surface area contributed by atoms with Crippen molar-refractivity contribution < 1.29 is 67.2 Å². The molecule has 1 amide bonds. The molecule has 2 N–H and O–H groups in total. The van der Waals surface area contributed by atoms with E-state index in [1.807, 2.05) is 0 Å². The molecular formula is C13H15F8NO7S. The molecule has 0 rings (SSSR count). The molecule has 0 fully saturated rings. The Balaban J connectivity index is 5.97. The molecule has 0 aromatic heterocycles. The normalized spacial score (nSPS) is 15.3. The van der Waals surface area contributed by atoms with Gasteiger partial charge < -0.3 is 14.8 Å². The maximum Gasteiger partial charge on any atom is 0.466 e. The van der Waals surface area contributed by atoms with E-state index >= 15 is 0 Å². The number of esters is 1. The fraction of sp³-hybridized carbons (Fsp3) is 0.692. The quantitative estimate of drug-likeness (QED) is 0.153. The van der Waals surface area contributed by atoms with Crippen molar-refractivity contribution in [2.75, 3.05) is 13.2 Å². The van der Waals surface area contributed by atoms with Crippen LogP contribution in [0.15, 0.2) is 12.4 Å². The molecule has 0 heterocycles. The minimum absolute atomic E-state index is 0.0160. The molecule has 0 aliphatic rings. The van der Waals surface area contributed by atoms with Gasteiger partial charge in [-0.05, 0) is 6.42 Å². The van der Waals surface area contributed by atoms with Gasteiger partial charge in [0.15, 0.2) is 0 Å². The predicted octanol–water partition coefficient (Wildman–Crippen LogP) is 2.32. The van der Waals surface area contributed by atoms with Gasteiger partial charge in [-0.15, -0.1) is 0 Å². The highest BCUT2D eigenvalue weighted by Crippen LogP contribution is 2.42. The van der Waals surface area contributed by atoms with Crippen LogP contribution in [0.5, 0.6) is 0 Å². The highest BCUT2D eigenvalue weighted by atomic mass is 32.2. The summed E-state index contributed by atoms with van der Waals surface area (Å²) >= 11 is 0. The van der Waals surface area contributed by atoms with E-state index in [1.54, 1.807) is 5.32 Å². The van der Waals surface area contributed by atoms with Crippen LogP contribution in [0.2, 0.25) is 0 Å². The van der Waals surface area contributed by atoms with E-state index in [4.69, 9.17) is 4.55 Å². The van der Waals surface area contributed by atoms with Gasteiger partial charge in [0.25, 0.3) is 0 Å². The van der Waals surface area contributed by atoms with E-state index in [9.17, 15) is 53.1 Å². The fourth-order valence-electron chi connectivity index (χ4n) is 1.61. The number of hydrogen-bond donors (Lipinski definition) is 2. The zero-order valence-corrected chi connectivity index (χ0v) is 15.7. The summed E-state index contributed by atoms with van der Waals surface area (Å²) < 4.78 is 143. The van der Waals surface area contributed by atoms with Crippen LogP contribution in [0.4, 0.5) is 35.1 Å². The Hall–Kier alpha value is -2.01. The molecule has 0 saturated heterocycles. The molecule has 0 spiro atoms. The summed E-state index contributed by atoms with van der Waals surface area (Å²) in [5, 5.41) is -4.60. The molecule has 30 heavy (non-hydrogen) atoms. The molecule has 0 aromatic rings. The Morgan fingerprint density at radius 1 is 1.10 bits per heavy atom. The van der Waals surface area contributed by atoms with Gasteiger partial charge in [0, 0.05) is 13.0 Å². The second-order valence-corrected chi connectivity index (χ2v) is 6.92. The lowest BCUT2D eigenvalue weighted by Gasteiger charge is -2.33. The van der Waals surface area contributed by atoms with Gasteiger partial charge in [0.05, 0.1) is 6.61 Å². The van der Waals surface area contributed by atoms with Gasteiger partial charge in [-0.3, -0.25) is 9.35 Å². The lowest BCUT2D eigenvalue weighted by atomic mass is 10.2. The summed E-state index contributed by atoms with van der Waals surface area (Å²) in [6.07, 6.45) is -8.54. The maximum atomic E-state index is 13.4. The summed E-state index contributed by atoms with van der Waals surface area (Å²) in [4.78, 5) is 23.1. The van der Waals surface area contributed by atoms with Crippen LogP contribution in [-0.2, 0) is 29.2 Å². The SMILES string of the molecule is C=C(F)C(=O)OC(OCCC(F)(F)C(F)(F)S(=O)(=O)O)(C(=O)NCCC)C(F)(F)F. The Kier molecular flexibility index (Phi) is 8.79. The third-order valence-corrected chi connectivity index (χ3v) is 4.08. The molecule has 0 aromatic carbocycles. The van der Waals surface area contributed by atoms with Gasteiger partial charge in [0.2, 0.25) is 5.83 Å². The van der Waals surface area contributed by atoms with Crippen LogP contribution in [0.3, 0.4) is 0 Å². The van der Waals surface area contributed by atoms with Gasteiger partial charge in [-0.2, -0.15) is 43.5 Å². The zero-order chi connectivity index (χ0) is 24.2. The largest absolute Gasteiger partial charge is 0.466 e. The first-order valence-corrected chi connectivity index (χ1v) is 9.00. The number of ether oxygens (including phenoxy) is 2. The first-order valence-electron chi connectivity index (χ1n) is 7.56. The summed E-state index contributed by atoms with van der Waals surface area (Å²) in [7, 11) is -6.70. The van der Waals surface area contributed by atoms with E-state index in [-0.39, 0.29) is 6.42 Å². The minimum atomic E-state index is -6.70. The third-order valence-electron chi connectivity index (χ3n) is 3.14. The highest BCUT2D eigenvalue weighted by molar-refractivity contribution is 7.87. The molecule has 1 unspecified atom stereocenters. The first kappa shape index (κ1) is 28.0. The predicted molar refractivity (Wildman–Crippen MR) is 80.4 cm³/mol. The van der Waals surface area contributed by atoms with Crippen LogP contribution in [0.1, 0.15) is 19.8 Å². The Labute approximate surface area is 163 Å². The van der Waals surface area contributed by atoms with Crippen molar-refractivity contribution in [3.05, 3.63) is 12.4 Å². The first-order chi connectivity index (χ1) is 13.3. The fourth-order valence-corrected chi connectivity index (χ4v) is 2.09. The number of alkyl halides is 7. The molecule has 0 aliphatic carbocycles. The zero-order valence-electron chi connectivity index (χ0n) is 14.9. The number of carbonyl (C=O) groups is 2. The Morgan fingerprint density at radius 3 is 1.97 bits per heavy atom. The van der Waals surface area contributed by atoms with Crippen LogP contribution in [0.25, 0.3) is 0 Å². The van der Waals surface area contributed by atoms with Gasteiger partial charge in [-0.25, -0.2) is 4.79 Å². The molecule has 0 aliphatic heterocycles. The van der Waals surface area contributed by atoms with Crippen LogP contribution in [0, 0.1) is 0 Å². The van der Waals surface area contributed by atoms with Gasteiger partial charge in [0.1, 0.15) is 0 Å². The average Bonchev–Trinajstić information content (AvgIpc) is 2.55. The summed E-state index contributed by atoms with van der Waals surface area (Å²) in [6, 6.07) is 0. The summed E-state index contributed by atoms with van der Waals surface area (Å²) in [5.74, 6) is -17.4. The monoisotopic (exact) mass is 481 g/mol. The number of hydrogen-bond acceptors (Lipinski definition) is 6. The molecule has 0 saturated carbocycles. The van der Waals surface area contributed by atoms with Crippen molar-refractivity contribution in [1.82, 2.24) is 5.32 Å². The number of carbonyl (C=O) groups excluding carboxylic acids is 2. The molecule has 176 valence electrons. The standard InChI is InChI=1S/C13H15F8NO7S/c1-3-5-22-9(24)11(12(17,18)19,29-8(23)7(2)14)28-6-4-10(15,16)13(20,21)30(25,26)27/h2-6H2,1H3,(H,22,24)(H,25,26,27). The van der Waals surface area contributed by atoms with E-state index in [2.05, 4.69) is 16.1 Å². The summed E-state index contributed by atoms with van der Waals surface area (Å²) in [5.41, 5.74) is 0. The Morgan fingerprint density at radius 2 is 1.60 bits per heavy atom. The number of nitrogens with one attached hydrogen (secondary N) is 1. The third kappa shape index (κ3) is 6.00. The number of rotatable bonds is 11. The number of amides is 1. The molecule has 1 atom stereocenters. The highest BCUT2D eigenvalue weighted by Gasteiger charge is 2.68. The number of halogens is 8. The maximum absolute atomic E-state index is 13.4. The van der Waals surface area contributed by atoms with Crippen molar-refractivity contribution in [1.29, 1.82) is 0 Å². The van der Waals surface area contributed by atoms with Gasteiger partial charge >= 0.3 is 45.1 Å². The van der Waals surface area contributed by atoms with Crippen LogP contribution < -0.4 is 5.32 Å². The van der Waals surface area contributed by atoms with Crippen molar-refractivity contribution in [3.63, 3.8) is 0 Å². The second kappa shape index (κ2) is 9.42. The van der Waals surface area contributed by atoms with E-state index in [0.717, 1.165) is 0 Å².